The average Bonchev–Trinajstić information content (AvgIpc) is 3.01. The standard InChI is InChI=1S/C24H31N3O3S/c1-8-30-22(29)20-16(4)25-23-27(21(20)18-10-9-14(2)11-15(18)3)17(13-31-23)12-19(28)26-24(5,6)7/h9-11,13,21H,8,12H2,1-7H3,(H,26,28). The van der Waals surface area contributed by atoms with E-state index in [0.29, 0.717) is 11.3 Å². The molecule has 0 bridgehead atoms. The van der Waals surface area contributed by atoms with Crippen LogP contribution in [0.3, 0.4) is 0 Å². The lowest BCUT2D eigenvalue weighted by Crippen LogP contribution is -2.42. The lowest BCUT2D eigenvalue weighted by atomic mass is 9.90. The van der Waals surface area contributed by atoms with Crippen molar-refractivity contribution in [3.63, 3.8) is 0 Å². The number of carbonyl (C=O) groups excluding carboxylic acids is 2. The van der Waals surface area contributed by atoms with Crippen LogP contribution in [-0.2, 0) is 14.3 Å². The first kappa shape index (κ1) is 23.1. The summed E-state index contributed by atoms with van der Waals surface area (Å²) in [5.41, 5.74) is 4.91. The number of hydrogen-bond acceptors (Lipinski definition) is 6. The molecule has 1 aromatic carbocycles. The fraction of sp³-hybridized carbons (Fsp3) is 0.458. The van der Waals surface area contributed by atoms with Gasteiger partial charge < -0.3 is 15.0 Å². The van der Waals surface area contributed by atoms with Crippen molar-refractivity contribution in [3.8, 4) is 0 Å². The lowest BCUT2D eigenvalue weighted by Gasteiger charge is -2.37. The molecule has 0 aliphatic carbocycles. The summed E-state index contributed by atoms with van der Waals surface area (Å²) in [7, 11) is 0. The van der Waals surface area contributed by atoms with Crippen LogP contribution < -0.4 is 5.32 Å². The molecule has 0 radical (unpaired) electrons. The molecule has 0 fully saturated rings. The lowest BCUT2D eigenvalue weighted by molar-refractivity contribution is -0.139. The van der Waals surface area contributed by atoms with Crippen LogP contribution in [0.2, 0.25) is 0 Å². The number of allylic oxidation sites excluding steroid dienone is 1. The van der Waals surface area contributed by atoms with Crippen LogP contribution >= 0.6 is 11.8 Å². The molecule has 6 nitrogen and oxygen atoms in total. The van der Waals surface area contributed by atoms with Crippen LogP contribution in [0.25, 0.3) is 0 Å². The summed E-state index contributed by atoms with van der Waals surface area (Å²) in [5.74, 6) is -0.438. The predicted octanol–water partition coefficient (Wildman–Crippen LogP) is 4.75. The minimum absolute atomic E-state index is 0.0658. The summed E-state index contributed by atoms with van der Waals surface area (Å²) in [6.07, 6.45) is 0.208. The van der Waals surface area contributed by atoms with E-state index in [2.05, 4.69) is 22.4 Å². The topological polar surface area (TPSA) is 71.0 Å². The number of nitrogens with one attached hydrogen (secondary N) is 1. The Morgan fingerprint density at radius 3 is 2.55 bits per heavy atom. The van der Waals surface area contributed by atoms with E-state index in [4.69, 9.17) is 4.74 Å². The molecule has 1 unspecified atom stereocenters. The minimum atomic E-state index is -0.393. The molecule has 31 heavy (non-hydrogen) atoms. The van der Waals surface area contributed by atoms with Crippen LogP contribution in [0.1, 0.15) is 63.8 Å². The number of ether oxygens (including phenoxy) is 1. The van der Waals surface area contributed by atoms with E-state index < -0.39 is 6.04 Å². The molecule has 7 heteroatoms. The number of carbonyl (C=O) groups is 2. The van der Waals surface area contributed by atoms with Gasteiger partial charge in [0.1, 0.15) is 0 Å². The van der Waals surface area contributed by atoms with Gasteiger partial charge in [-0.1, -0.05) is 35.5 Å². The Morgan fingerprint density at radius 1 is 1.23 bits per heavy atom. The van der Waals surface area contributed by atoms with Gasteiger partial charge in [0.25, 0.3) is 0 Å². The molecule has 1 amide bonds. The molecule has 1 aromatic rings. The maximum absolute atomic E-state index is 13.0. The summed E-state index contributed by atoms with van der Waals surface area (Å²) in [4.78, 5) is 32.4. The van der Waals surface area contributed by atoms with Crippen molar-refractivity contribution >= 4 is 28.8 Å². The van der Waals surface area contributed by atoms with Gasteiger partial charge in [-0.2, -0.15) is 0 Å². The summed E-state index contributed by atoms with van der Waals surface area (Å²) in [5, 5.41) is 5.75. The number of esters is 1. The number of hydrogen-bond donors (Lipinski definition) is 1. The largest absolute Gasteiger partial charge is 0.463 e. The molecule has 3 rings (SSSR count). The van der Waals surface area contributed by atoms with Gasteiger partial charge >= 0.3 is 5.97 Å². The molecule has 0 aromatic heterocycles. The quantitative estimate of drug-likeness (QED) is 0.668. The van der Waals surface area contributed by atoms with Crippen LogP contribution in [0.4, 0.5) is 0 Å². The zero-order valence-electron chi connectivity index (χ0n) is 19.3. The maximum Gasteiger partial charge on any atom is 0.338 e. The van der Waals surface area contributed by atoms with E-state index in [1.807, 2.05) is 57.9 Å². The van der Waals surface area contributed by atoms with Gasteiger partial charge in [0.05, 0.1) is 30.3 Å². The van der Waals surface area contributed by atoms with Gasteiger partial charge in [-0.25, -0.2) is 9.79 Å². The number of thioether (sulfide) groups is 1. The second kappa shape index (κ2) is 8.91. The molecular formula is C24H31N3O3S. The van der Waals surface area contributed by atoms with E-state index in [1.54, 1.807) is 6.92 Å². The maximum atomic E-state index is 13.0. The van der Waals surface area contributed by atoms with Gasteiger partial charge in [-0.15, -0.1) is 0 Å². The second-order valence-electron chi connectivity index (χ2n) is 8.95. The van der Waals surface area contributed by atoms with Gasteiger partial charge in [0.15, 0.2) is 5.17 Å². The Balaban J connectivity index is 2.06. The first-order chi connectivity index (χ1) is 14.5. The van der Waals surface area contributed by atoms with Crippen LogP contribution in [0.15, 0.2) is 45.6 Å². The van der Waals surface area contributed by atoms with E-state index in [-0.39, 0.29) is 30.4 Å². The third-order valence-corrected chi connectivity index (χ3v) is 5.96. The summed E-state index contributed by atoms with van der Waals surface area (Å²) in [6, 6.07) is 5.82. The summed E-state index contributed by atoms with van der Waals surface area (Å²) in [6.45, 7) is 13.9. The number of amidine groups is 1. The van der Waals surface area contributed by atoms with Gasteiger partial charge in [0, 0.05) is 11.2 Å². The molecule has 0 spiro atoms. The monoisotopic (exact) mass is 441 g/mol. The number of aliphatic imine (C=N–C) groups is 1. The molecule has 0 saturated carbocycles. The Morgan fingerprint density at radius 2 is 1.94 bits per heavy atom. The number of benzene rings is 1. The van der Waals surface area contributed by atoms with Crippen molar-refractivity contribution in [1.82, 2.24) is 10.2 Å². The molecule has 2 aliphatic rings. The van der Waals surface area contributed by atoms with E-state index in [0.717, 1.165) is 27.6 Å². The van der Waals surface area contributed by atoms with Crippen molar-refractivity contribution in [1.29, 1.82) is 0 Å². The van der Waals surface area contributed by atoms with Crippen molar-refractivity contribution in [3.05, 3.63) is 57.3 Å². The van der Waals surface area contributed by atoms with Crippen molar-refractivity contribution in [2.75, 3.05) is 6.61 Å². The summed E-state index contributed by atoms with van der Waals surface area (Å²) < 4.78 is 5.40. The fourth-order valence-corrected chi connectivity index (χ4v) is 4.86. The highest BCUT2D eigenvalue weighted by Crippen LogP contribution is 2.45. The number of fused-ring (bicyclic) bond motifs is 1. The normalized spacial score (nSPS) is 18.4. The van der Waals surface area contributed by atoms with Crippen LogP contribution in [-0.4, -0.2) is 34.1 Å². The minimum Gasteiger partial charge on any atom is -0.463 e. The molecular weight excluding hydrogens is 410 g/mol. The van der Waals surface area contributed by atoms with Crippen LogP contribution in [0, 0.1) is 13.8 Å². The van der Waals surface area contributed by atoms with E-state index in [1.165, 1.54) is 11.8 Å². The molecule has 166 valence electrons. The second-order valence-corrected chi connectivity index (χ2v) is 9.79. The zero-order valence-corrected chi connectivity index (χ0v) is 20.1. The first-order valence-electron chi connectivity index (χ1n) is 10.5. The van der Waals surface area contributed by atoms with Crippen molar-refractivity contribution < 1.29 is 14.3 Å². The molecule has 0 saturated heterocycles. The Kier molecular flexibility index (Phi) is 6.65. The smallest absolute Gasteiger partial charge is 0.338 e. The van der Waals surface area contributed by atoms with Gasteiger partial charge in [0.2, 0.25) is 5.91 Å². The third-order valence-electron chi connectivity index (χ3n) is 5.07. The van der Waals surface area contributed by atoms with Crippen LogP contribution in [0.5, 0.6) is 0 Å². The highest BCUT2D eigenvalue weighted by Gasteiger charge is 2.41. The number of amides is 1. The zero-order chi connectivity index (χ0) is 22.9. The van der Waals surface area contributed by atoms with Crippen molar-refractivity contribution in [2.45, 2.75) is 66.5 Å². The van der Waals surface area contributed by atoms with E-state index >= 15 is 0 Å². The predicted molar refractivity (Wildman–Crippen MR) is 125 cm³/mol. The van der Waals surface area contributed by atoms with Crippen molar-refractivity contribution in [2.24, 2.45) is 4.99 Å². The Bertz CT molecular complexity index is 1000. The van der Waals surface area contributed by atoms with E-state index in [9.17, 15) is 9.59 Å². The SMILES string of the molecule is CCOC(=O)C1=C(C)N=C2SC=C(CC(=O)NC(C)(C)C)N2C1c1ccc(C)cc1C. The Hall–Kier alpha value is -2.54. The Labute approximate surface area is 188 Å². The molecule has 1 atom stereocenters. The molecule has 2 heterocycles. The number of nitrogens with zero attached hydrogens (tertiary/aromatic N) is 2. The first-order valence-corrected chi connectivity index (χ1v) is 11.4. The van der Waals surface area contributed by atoms with Gasteiger partial charge in [-0.05, 0) is 65.0 Å². The number of rotatable bonds is 5. The van der Waals surface area contributed by atoms with Gasteiger partial charge in [-0.3, -0.25) is 4.79 Å². The summed E-state index contributed by atoms with van der Waals surface area (Å²) >= 11 is 1.48. The highest BCUT2D eigenvalue weighted by atomic mass is 32.2. The molecule has 2 aliphatic heterocycles. The average molecular weight is 442 g/mol. The fourth-order valence-electron chi connectivity index (χ4n) is 3.89. The highest BCUT2D eigenvalue weighted by molar-refractivity contribution is 8.16. The third kappa shape index (κ3) is 5.03. The number of aryl methyl sites for hydroxylation is 2. The molecule has 1 N–H and O–H groups in total.